The van der Waals surface area contributed by atoms with Crippen LogP contribution in [0.3, 0.4) is 0 Å². The van der Waals surface area contributed by atoms with E-state index in [4.69, 9.17) is 0 Å². The lowest BCUT2D eigenvalue weighted by Crippen LogP contribution is -2.24. The molecule has 3 nitrogen and oxygen atoms in total. The maximum Gasteiger partial charge on any atom is 0.228 e. The van der Waals surface area contributed by atoms with E-state index >= 15 is 0 Å². The normalized spacial score (nSPS) is 20.2. The summed E-state index contributed by atoms with van der Waals surface area (Å²) in [6, 6.07) is 7.85. The number of anilines is 1. The second-order valence-electron chi connectivity index (χ2n) is 3.69. The molecule has 1 aliphatic rings. The Morgan fingerprint density at radius 2 is 2.40 bits per heavy atom. The molecule has 1 saturated heterocycles. The average molecular weight is 316 g/mol. The summed E-state index contributed by atoms with van der Waals surface area (Å²) in [6.07, 6.45) is 0.940. The molecule has 1 aliphatic heterocycles. The molecule has 1 heterocycles. The number of carbonyl (C=O) groups excluding carboxylic acids is 1. The van der Waals surface area contributed by atoms with E-state index < -0.39 is 0 Å². The number of amides is 1. The predicted molar refractivity (Wildman–Crippen MR) is 68.8 cm³/mol. The van der Waals surface area contributed by atoms with Gasteiger partial charge in [-0.2, -0.15) is 0 Å². The van der Waals surface area contributed by atoms with E-state index in [2.05, 4.69) is 33.2 Å². The van der Waals surface area contributed by atoms with Gasteiger partial charge in [-0.15, -0.1) is 0 Å². The number of hydrogen-bond acceptors (Lipinski definition) is 2. The van der Waals surface area contributed by atoms with Crippen molar-refractivity contribution in [3.63, 3.8) is 0 Å². The highest BCUT2D eigenvalue weighted by atomic mass is 127. The van der Waals surface area contributed by atoms with Crippen LogP contribution in [0, 0.1) is 9.49 Å². The Morgan fingerprint density at radius 1 is 1.53 bits per heavy atom. The summed E-state index contributed by atoms with van der Waals surface area (Å²) in [5.41, 5.74) is 0.888. The molecule has 80 valence electrons. The summed E-state index contributed by atoms with van der Waals surface area (Å²) >= 11 is 2.24. The molecule has 2 rings (SSSR count). The van der Waals surface area contributed by atoms with Crippen molar-refractivity contribution in [2.75, 3.05) is 18.4 Å². The van der Waals surface area contributed by atoms with Gasteiger partial charge < -0.3 is 10.6 Å². The number of benzene rings is 1. The van der Waals surface area contributed by atoms with Crippen LogP contribution in [0.5, 0.6) is 0 Å². The first kappa shape index (κ1) is 10.9. The zero-order valence-corrected chi connectivity index (χ0v) is 10.5. The van der Waals surface area contributed by atoms with Gasteiger partial charge in [-0.25, -0.2) is 0 Å². The van der Waals surface area contributed by atoms with E-state index in [9.17, 15) is 4.79 Å². The summed E-state index contributed by atoms with van der Waals surface area (Å²) in [7, 11) is 0. The first-order chi connectivity index (χ1) is 7.25. The number of rotatable bonds is 2. The fraction of sp³-hybridized carbons (Fsp3) is 0.364. The molecule has 2 N–H and O–H groups in total. The number of nitrogens with one attached hydrogen (secondary N) is 2. The third-order valence-electron chi connectivity index (χ3n) is 2.52. The van der Waals surface area contributed by atoms with Gasteiger partial charge in [0.05, 0.1) is 5.92 Å². The molecule has 0 bridgehead atoms. The van der Waals surface area contributed by atoms with Crippen molar-refractivity contribution < 1.29 is 4.79 Å². The van der Waals surface area contributed by atoms with E-state index in [1.807, 2.05) is 24.3 Å². The molecule has 0 saturated carbocycles. The molecule has 1 atom stereocenters. The van der Waals surface area contributed by atoms with Gasteiger partial charge in [0.1, 0.15) is 0 Å². The third-order valence-corrected chi connectivity index (χ3v) is 3.19. The van der Waals surface area contributed by atoms with Crippen LogP contribution in [0.4, 0.5) is 5.69 Å². The first-order valence-corrected chi connectivity index (χ1v) is 6.11. The van der Waals surface area contributed by atoms with E-state index in [1.165, 1.54) is 0 Å². The Bertz CT molecular complexity index is 361. The molecule has 0 aliphatic carbocycles. The Morgan fingerprint density at radius 3 is 3.07 bits per heavy atom. The first-order valence-electron chi connectivity index (χ1n) is 5.03. The van der Waals surface area contributed by atoms with E-state index in [-0.39, 0.29) is 11.8 Å². The summed E-state index contributed by atoms with van der Waals surface area (Å²) in [5.74, 6) is 0.255. The lowest BCUT2D eigenvalue weighted by molar-refractivity contribution is -0.119. The molecule has 15 heavy (non-hydrogen) atoms. The minimum Gasteiger partial charge on any atom is -0.326 e. The minimum absolute atomic E-state index is 0.127. The van der Waals surface area contributed by atoms with Crippen LogP contribution in [0.25, 0.3) is 0 Å². The van der Waals surface area contributed by atoms with E-state index in [0.29, 0.717) is 0 Å². The zero-order chi connectivity index (χ0) is 10.7. The van der Waals surface area contributed by atoms with Gasteiger partial charge in [-0.3, -0.25) is 4.79 Å². The molecular weight excluding hydrogens is 303 g/mol. The lowest BCUT2D eigenvalue weighted by Gasteiger charge is -2.09. The molecular formula is C11H13IN2O. The van der Waals surface area contributed by atoms with Crippen LogP contribution >= 0.6 is 22.6 Å². The number of carbonyl (C=O) groups is 1. The topological polar surface area (TPSA) is 41.1 Å². The molecule has 1 unspecified atom stereocenters. The fourth-order valence-electron chi connectivity index (χ4n) is 1.69. The van der Waals surface area contributed by atoms with Crippen molar-refractivity contribution in [2.45, 2.75) is 6.42 Å². The fourth-order valence-corrected chi connectivity index (χ4v) is 2.23. The van der Waals surface area contributed by atoms with Gasteiger partial charge in [0.25, 0.3) is 0 Å². The summed E-state index contributed by atoms with van der Waals surface area (Å²) in [4.78, 5) is 11.8. The quantitative estimate of drug-likeness (QED) is 0.818. The van der Waals surface area contributed by atoms with E-state index in [0.717, 1.165) is 28.8 Å². The van der Waals surface area contributed by atoms with Crippen molar-refractivity contribution in [3.8, 4) is 0 Å². The Balaban J connectivity index is 1.99. The largest absolute Gasteiger partial charge is 0.326 e. The SMILES string of the molecule is O=C(Nc1cccc(I)c1)C1CCNC1. The van der Waals surface area contributed by atoms with Crippen LogP contribution in [-0.4, -0.2) is 19.0 Å². The Labute approximate surface area is 103 Å². The highest BCUT2D eigenvalue weighted by Crippen LogP contribution is 2.15. The van der Waals surface area contributed by atoms with Crippen LogP contribution in [0.1, 0.15) is 6.42 Å². The summed E-state index contributed by atoms with van der Waals surface area (Å²) < 4.78 is 1.13. The van der Waals surface area contributed by atoms with E-state index in [1.54, 1.807) is 0 Å². The predicted octanol–water partition coefficient (Wildman–Crippen LogP) is 1.84. The molecule has 1 aromatic carbocycles. The minimum atomic E-state index is 0.127. The molecule has 1 amide bonds. The van der Waals surface area contributed by atoms with Crippen LogP contribution < -0.4 is 10.6 Å². The summed E-state index contributed by atoms with van der Waals surface area (Å²) in [5, 5.41) is 6.13. The summed E-state index contributed by atoms with van der Waals surface area (Å²) in [6.45, 7) is 1.75. The van der Waals surface area contributed by atoms with Crippen molar-refractivity contribution in [1.82, 2.24) is 5.32 Å². The molecule has 4 heteroatoms. The second-order valence-corrected chi connectivity index (χ2v) is 4.93. The highest BCUT2D eigenvalue weighted by Gasteiger charge is 2.22. The standard InChI is InChI=1S/C11H13IN2O/c12-9-2-1-3-10(6-9)14-11(15)8-4-5-13-7-8/h1-3,6,8,13H,4-5,7H2,(H,14,15). The molecule has 0 radical (unpaired) electrons. The van der Waals surface area contributed by atoms with Crippen molar-refractivity contribution in [3.05, 3.63) is 27.8 Å². The maximum absolute atomic E-state index is 11.8. The number of hydrogen-bond donors (Lipinski definition) is 2. The van der Waals surface area contributed by atoms with Crippen molar-refractivity contribution in [1.29, 1.82) is 0 Å². The molecule has 0 aromatic heterocycles. The average Bonchev–Trinajstić information content (AvgIpc) is 2.70. The second kappa shape index (κ2) is 4.94. The molecule has 1 aromatic rings. The van der Waals surface area contributed by atoms with Gasteiger partial charge >= 0.3 is 0 Å². The lowest BCUT2D eigenvalue weighted by atomic mass is 10.1. The van der Waals surface area contributed by atoms with Crippen LogP contribution in [-0.2, 0) is 4.79 Å². The third kappa shape index (κ3) is 2.92. The molecule has 0 spiro atoms. The van der Waals surface area contributed by atoms with Crippen LogP contribution in [0.2, 0.25) is 0 Å². The van der Waals surface area contributed by atoms with Crippen LogP contribution in [0.15, 0.2) is 24.3 Å². The van der Waals surface area contributed by atoms with Gasteiger partial charge in [0, 0.05) is 15.8 Å². The van der Waals surface area contributed by atoms with Gasteiger partial charge in [-0.05, 0) is 53.8 Å². The smallest absolute Gasteiger partial charge is 0.228 e. The highest BCUT2D eigenvalue weighted by molar-refractivity contribution is 14.1. The van der Waals surface area contributed by atoms with Gasteiger partial charge in [0.2, 0.25) is 5.91 Å². The number of halogens is 1. The molecule has 1 fully saturated rings. The van der Waals surface area contributed by atoms with Gasteiger partial charge in [-0.1, -0.05) is 6.07 Å². The van der Waals surface area contributed by atoms with Crippen molar-refractivity contribution in [2.24, 2.45) is 5.92 Å². The Hall–Kier alpha value is -0.620. The monoisotopic (exact) mass is 316 g/mol. The Kier molecular flexibility index (Phi) is 3.58. The zero-order valence-electron chi connectivity index (χ0n) is 8.29. The van der Waals surface area contributed by atoms with Crippen molar-refractivity contribution >= 4 is 34.2 Å². The maximum atomic E-state index is 11.8. The van der Waals surface area contributed by atoms with Gasteiger partial charge in [0.15, 0.2) is 0 Å².